The Bertz CT molecular complexity index is 1360. The first-order valence-corrected chi connectivity index (χ1v) is 10.9. The Morgan fingerprint density at radius 3 is 2.82 bits per heavy atom. The summed E-state index contributed by atoms with van der Waals surface area (Å²) < 4.78 is 17.9. The predicted octanol–water partition coefficient (Wildman–Crippen LogP) is 3.21. The van der Waals surface area contributed by atoms with Gasteiger partial charge >= 0.3 is 0 Å². The number of methoxy groups -OCH3 is 1. The normalized spacial score (nSPS) is 16.4. The van der Waals surface area contributed by atoms with Crippen LogP contribution in [0.1, 0.15) is 29.4 Å². The Balaban J connectivity index is 1.45. The molecule has 4 aromatic rings. The molecule has 1 saturated heterocycles. The van der Waals surface area contributed by atoms with Crippen molar-refractivity contribution in [3.63, 3.8) is 0 Å². The molecule has 4 heterocycles. The van der Waals surface area contributed by atoms with Gasteiger partial charge in [-0.15, -0.1) is 15.3 Å². The molecule has 0 saturated carbocycles. The molecule has 1 fully saturated rings. The highest BCUT2D eigenvalue weighted by molar-refractivity contribution is 6.05. The van der Waals surface area contributed by atoms with Crippen LogP contribution >= 0.6 is 0 Å². The maximum absolute atomic E-state index is 9.89. The molecular formula is C24H24N6O4. The molecule has 0 bridgehead atoms. The van der Waals surface area contributed by atoms with Gasteiger partial charge in [0, 0.05) is 42.7 Å². The summed E-state index contributed by atoms with van der Waals surface area (Å²) in [6.45, 7) is 1.75. The number of aliphatic hydroxyl groups is 1. The van der Waals surface area contributed by atoms with Gasteiger partial charge in [0.2, 0.25) is 11.7 Å². The van der Waals surface area contributed by atoms with Crippen LogP contribution in [0, 0.1) is 5.41 Å². The van der Waals surface area contributed by atoms with Crippen molar-refractivity contribution in [2.24, 2.45) is 0 Å². The fourth-order valence-electron chi connectivity index (χ4n) is 3.95. The van der Waals surface area contributed by atoms with Crippen molar-refractivity contribution in [2.45, 2.75) is 18.9 Å². The van der Waals surface area contributed by atoms with Crippen LogP contribution in [0.5, 0.6) is 5.88 Å². The second-order valence-electron chi connectivity index (χ2n) is 8.02. The molecule has 2 N–H and O–H groups in total. The van der Waals surface area contributed by atoms with E-state index in [1.807, 2.05) is 36.5 Å². The number of ether oxygens (including phenoxy) is 3. The molecule has 1 atom stereocenters. The van der Waals surface area contributed by atoms with E-state index in [-0.39, 0.29) is 30.5 Å². The molecule has 3 aromatic heterocycles. The zero-order valence-corrected chi connectivity index (χ0v) is 18.6. The van der Waals surface area contributed by atoms with Crippen molar-refractivity contribution in [3.05, 3.63) is 71.5 Å². The van der Waals surface area contributed by atoms with Crippen LogP contribution in [0.4, 0.5) is 0 Å². The maximum Gasteiger partial charge on any atom is 0.240 e. The van der Waals surface area contributed by atoms with Gasteiger partial charge in [0.05, 0.1) is 12.3 Å². The van der Waals surface area contributed by atoms with E-state index in [1.54, 1.807) is 0 Å². The van der Waals surface area contributed by atoms with E-state index in [0.717, 1.165) is 36.1 Å². The number of aromatic nitrogens is 5. The van der Waals surface area contributed by atoms with Crippen molar-refractivity contribution in [1.29, 1.82) is 5.41 Å². The van der Waals surface area contributed by atoms with Crippen LogP contribution in [0.3, 0.4) is 0 Å². The number of hydrogen-bond donors (Lipinski definition) is 2. The fourth-order valence-corrected chi connectivity index (χ4v) is 3.95. The topological polar surface area (TPSA) is 128 Å². The largest absolute Gasteiger partial charge is 0.510 e. The third kappa shape index (κ3) is 4.33. The van der Waals surface area contributed by atoms with Crippen LogP contribution in [-0.2, 0) is 16.1 Å². The lowest BCUT2D eigenvalue weighted by atomic mass is 10.0. The number of nitrogens with one attached hydrogen (secondary N) is 1. The monoisotopic (exact) mass is 460 g/mol. The molecule has 10 nitrogen and oxygen atoms in total. The summed E-state index contributed by atoms with van der Waals surface area (Å²) in [4.78, 5) is 4.55. The molecule has 0 amide bonds. The van der Waals surface area contributed by atoms with E-state index in [0.29, 0.717) is 17.4 Å². The lowest BCUT2D eigenvalue weighted by Gasteiger charge is -2.11. The van der Waals surface area contributed by atoms with Gasteiger partial charge in [0.25, 0.3) is 0 Å². The Labute approximate surface area is 195 Å². The summed E-state index contributed by atoms with van der Waals surface area (Å²) in [5, 5.41) is 32.7. The Morgan fingerprint density at radius 2 is 2.09 bits per heavy atom. The number of allylic oxidation sites excluding steroid dienone is 1. The highest BCUT2D eigenvalue weighted by Crippen LogP contribution is 2.28. The fraction of sp³-hybridized carbons (Fsp3) is 0.292. The van der Waals surface area contributed by atoms with E-state index >= 15 is 0 Å². The highest BCUT2D eigenvalue weighted by atomic mass is 16.5. The van der Waals surface area contributed by atoms with Gasteiger partial charge in [-0.1, -0.05) is 24.3 Å². The molecule has 1 unspecified atom stereocenters. The van der Waals surface area contributed by atoms with Gasteiger partial charge in [0.1, 0.15) is 24.7 Å². The molecule has 0 aliphatic carbocycles. The molecule has 0 radical (unpaired) electrons. The van der Waals surface area contributed by atoms with Crippen molar-refractivity contribution < 1.29 is 19.3 Å². The number of rotatable bonds is 8. The van der Waals surface area contributed by atoms with Gasteiger partial charge in [-0.3, -0.25) is 10.4 Å². The zero-order chi connectivity index (χ0) is 23.5. The minimum atomic E-state index is -0.0970. The quantitative estimate of drug-likeness (QED) is 0.303. The molecule has 1 aromatic carbocycles. The smallest absolute Gasteiger partial charge is 0.240 e. The van der Waals surface area contributed by atoms with E-state index in [4.69, 9.17) is 19.6 Å². The maximum atomic E-state index is 9.89. The summed E-state index contributed by atoms with van der Waals surface area (Å²) in [5.41, 5.74) is 2.38. The van der Waals surface area contributed by atoms with Crippen molar-refractivity contribution in [1.82, 2.24) is 24.8 Å². The molecule has 1 aliphatic rings. The molecule has 1 aliphatic heterocycles. The number of hydrogen-bond acceptors (Lipinski definition) is 9. The van der Waals surface area contributed by atoms with E-state index in [1.165, 1.54) is 23.3 Å². The Kier molecular flexibility index (Phi) is 6.15. The zero-order valence-electron chi connectivity index (χ0n) is 18.6. The number of aliphatic hydroxyl groups excluding tert-OH is 1. The standard InChI is InChI=1S/C24H24N6O4/c1-32-14-18(31)10-21(25)23-28-27-22-19-4-2-3-5-20(19)24(29-30(22)23)34-13-17-7-6-15(11-26-17)16-8-9-33-12-16/h2-7,10-11,16,25,31H,8-9,12-14H2,1H3/b18-10-,25-21?. The summed E-state index contributed by atoms with van der Waals surface area (Å²) >= 11 is 0. The molecular weight excluding hydrogens is 436 g/mol. The average Bonchev–Trinajstić information content (AvgIpc) is 3.53. The minimum absolute atomic E-state index is 0.0105. The first-order chi connectivity index (χ1) is 16.6. The van der Waals surface area contributed by atoms with E-state index in [9.17, 15) is 5.11 Å². The summed E-state index contributed by atoms with van der Waals surface area (Å²) in [5.74, 6) is 0.849. The lowest BCUT2D eigenvalue weighted by Crippen LogP contribution is -2.09. The van der Waals surface area contributed by atoms with Crippen LogP contribution < -0.4 is 4.74 Å². The predicted molar refractivity (Wildman–Crippen MR) is 124 cm³/mol. The van der Waals surface area contributed by atoms with Gasteiger partial charge < -0.3 is 19.3 Å². The number of nitrogens with zero attached hydrogens (tertiary/aromatic N) is 5. The van der Waals surface area contributed by atoms with Gasteiger partial charge in [-0.05, 0) is 24.1 Å². The molecule has 0 spiro atoms. The second-order valence-corrected chi connectivity index (χ2v) is 8.02. The lowest BCUT2D eigenvalue weighted by molar-refractivity contribution is 0.183. The Hall–Kier alpha value is -3.89. The first kappa shape index (κ1) is 21.9. The third-order valence-electron chi connectivity index (χ3n) is 5.68. The van der Waals surface area contributed by atoms with Crippen LogP contribution in [0.2, 0.25) is 0 Å². The number of fused-ring (bicyclic) bond motifs is 3. The van der Waals surface area contributed by atoms with Crippen LogP contribution in [0.25, 0.3) is 16.4 Å². The van der Waals surface area contributed by atoms with Crippen LogP contribution in [-0.4, -0.2) is 62.5 Å². The Morgan fingerprint density at radius 1 is 1.24 bits per heavy atom. The highest BCUT2D eigenvalue weighted by Gasteiger charge is 2.19. The molecule has 174 valence electrons. The van der Waals surface area contributed by atoms with Gasteiger partial charge in [0.15, 0.2) is 5.65 Å². The summed E-state index contributed by atoms with van der Waals surface area (Å²) in [6.07, 6.45) is 4.16. The van der Waals surface area contributed by atoms with Crippen molar-refractivity contribution in [3.8, 4) is 5.88 Å². The second kappa shape index (κ2) is 9.54. The third-order valence-corrected chi connectivity index (χ3v) is 5.68. The number of benzene rings is 1. The first-order valence-electron chi connectivity index (χ1n) is 10.9. The van der Waals surface area contributed by atoms with Crippen molar-refractivity contribution in [2.75, 3.05) is 26.9 Å². The average molecular weight is 460 g/mol. The summed E-state index contributed by atoms with van der Waals surface area (Å²) in [7, 11) is 1.46. The van der Waals surface area contributed by atoms with Gasteiger partial charge in [-0.2, -0.15) is 4.52 Å². The van der Waals surface area contributed by atoms with E-state index in [2.05, 4.69) is 26.3 Å². The van der Waals surface area contributed by atoms with Crippen LogP contribution in [0.15, 0.2) is 54.4 Å². The van der Waals surface area contributed by atoms with Gasteiger partial charge in [-0.25, -0.2) is 0 Å². The SMILES string of the molecule is COC/C(O)=C/C(=N)c1nnc2c3ccccc3c(OCc3ccc(C4CCOC4)cn3)nn12. The molecule has 34 heavy (non-hydrogen) atoms. The minimum Gasteiger partial charge on any atom is -0.510 e. The van der Waals surface area contributed by atoms with Crippen molar-refractivity contribution >= 4 is 22.1 Å². The number of pyridine rings is 1. The van der Waals surface area contributed by atoms with E-state index < -0.39 is 0 Å². The summed E-state index contributed by atoms with van der Waals surface area (Å²) in [6, 6.07) is 11.6. The molecule has 10 heteroatoms. The molecule has 5 rings (SSSR count).